The Morgan fingerprint density at radius 3 is 2.63 bits per heavy atom. The molecule has 0 aromatic heterocycles. The maximum atomic E-state index is 10.8. The number of rotatable bonds is 5. The molecule has 0 saturated carbocycles. The second-order valence-electron chi connectivity index (χ2n) is 4.19. The molecule has 1 aromatic rings. The van der Waals surface area contributed by atoms with E-state index in [0.717, 1.165) is 6.07 Å². The van der Waals surface area contributed by atoms with Crippen molar-refractivity contribution in [3.63, 3.8) is 0 Å². The molecule has 7 heteroatoms. The Balaban J connectivity index is 3.27. The highest BCUT2D eigenvalue weighted by Gasteiger charge is 2.19. The Bertz CT molecular complexity index is 548. The molecular formula is C12H13N3O4. The van der Waals surface area contributed by atoms with Crippen LogP contribution in [-0.4, -0.2) is 28.6 Å². The molecule has 0 fully saturated rings. The number of hydrogen-bond donors (Lipinski definition) is 1. The van der Waals surface area contributed by atoms with Gasteiger partial charge in [0.1, 0.15) is 12.6 Å². The number of nitrogens with zero attached hydrogens (tertiary/aromatic N) is 3. The number of nitriles is 1. The van der Waals surface area contributed by atoms with Crippen LogP contribution in [0.25, 0.3) is 0 Å². The van der Waals surface area contributed by atoms with Crippen molar-refractivity contribution in [1.29, 1.82) is 5.26 Å². The lowest BCUT2D eigenvalue weighted by Crippen LogP contribution is -2.36. The number of benzene rings is 1. The second kappa shape index (κ2) is 5.82. The third-order valence-electron chi connectivity index (χ3n) is 2.55. The summed E-state index contributed by atoms with van der Waals surface area (Å²) in [6, 6.07) is 5.52. The lowest BCUT2D eigenvalue weighted by atomic mass is 10.1. The fourth-order valence-corrected chi connectivity index (χ4v) is 1.67. The first-order valence-corrected chi connectivity index (χ1v) is 5.53. The summed E-state index contributed by atoms with van der Waals surface area (Å²) in [7, 11) is 0. The monoisotopic (exact) mass is 263 g/mol. The molecule has 100 valence electrons. The molecule has 0 unspecified atom stereocenters. The van der Waals surface area contributed by atoms with Crippen LogP contribution in [0.3, 0.4) is 0 Å². The number of nitro groups is 1. The maximum absolute atomic E-state index is 10.8. The summed E-state index contributed by atoms with van der Waals surface area (Å²) in [5.74, 6) is -1.03. The first-order valence-electron chi connectivity index (χ1n) is 5.53. The van der Waals surface area contributed by atoms with E-state index in [2.05, 4.69) is 0 Å². The lowest BCUT2D eigenvalue weighted by molar-refractivity contribution is -0.384. The van der Waals surface area contributed by atoms with E-state index in [-0.39, 0.29) is 23.8 Å². The molecule has 0 aliphatic carbocycles. The van der Waals surface area contributed by atoms with E-state index in [1.54, 1.807) is 13.8 Å². The molecule has 19 heavy (non-hydrogen) atoms. The van der Waals surface area contributed by atoms with E-state index in [9.17, 15) is 14.9 Å². The van der Waals surface area contributed by atoms with Crippen molar-refractivity contribution in [3.8, 4) is 6.07 Å². The minimum Gasteiger partial charge on any atom is -0.480 e. The maximum Gasteiger partial charge on any atom is 0.323 e. The number of carboxylic acid groups (broad SMARTS) is 1. The van der Waals surface area contributed by atoms with Crippen molar-refractivity contribution in [2.45, 2.75) is 19.9 Å². The molecule has 1 aromatic carbocycles. The van der Waals surface area contributed by atoms with Crippen molar-refractivity contribution < 1.29 is 14.8 Å². The van der Waals surface area contributed by atoms with Crippen molar-refractivity contribution >= 4 is 17.3 Å². The summed E-state index contributed by atoms with van der Waals surface area (Å²) in [5.41, 5.74) is 0.272. The molecule has 0 aliphatic heterocycles. The van der Waals surface area contributed by atoms with Gasteiger partial charge in [0.25, 0.3) is 5.69 Å². The standard InChI is InChI=1S/C12H13N3O4/c1-8(2)14(7-12(16)17)11-4-3-10(15(18)19)5-9(11)6-13/h3-5,8H,7H2,1-2H3,(H,16,17). The molecule has 1 rings (SSSR count). The topological polar surface area (TPSA) is 107 Å². The molecule has 1 N–H and O–H groups in total. The van der Waals surface area contributed by atoms with Crippen molar-refractivity contribution in [1.82, 2.24) is 0 Å². The molecule has 0 spiro atoms. The molecular weight excluding hydrogens is 250 g/mol. The quantitative estimate of drug-likeness (QED) is 0.640. The average molecular weight is 263 g/mol. The first kappa shape index (κ1) is 14.4. The van der Waals surface area contributed by atoms with E-state index < -0.39 is 10.9 Å². The van der Waals surface area contributed by atoms with E-state index in [0.29, 0.717) is 5.69 Å². The second-order valence-corrected chi connectivity index (χ2v) is 4.19. The van der Waals surface area contributed by atoms with Crippen LogP contribution >= 0.6 is 0 Å². The Kier molecular flexibility index (Phi) is 4.42. The van der Waals surface area contributed by atoms with Crippen molar-refractivity contribution in [2.24, 2.45) is 0 Å². The van der Waals surface area contributed by atoms with Gasteiger partial charge < -0.3 is 10.0 Å². The van der Waals surface area contributed by atoms with Crippen LogP contribution < -0.4 is 4.90 Å². The Labute approximate surface area is 109 Å². The minimum absolute atomic E-state index is 0.0872. The zero-order chi connectivity index (χ0) is 14.6. The van der Waals surface area contributed by atoms with E-state index in [1.165, 1.54) is 17.0 Å². The number of carboxylic acids is 1. The minimum atomic E-state index is -1.03. The summed E-state index contributed by atoms with van der Waals surface area (Å²) in [6.07, 6.45) is 0. The molecule has 0 radical (unpaired) electrons. The smallest absolute Gasteiger partial charge is 0.323 e. The zero-order valence-corrected chi connectivity index (χ0v) is 10.5. The fraction of sp³-hybridized carbons (Fsp3) is 0.333. The van der Waals surface area contributed by atoms with Crippen molar-refractivity contribution in [2.75, 3.05) is 11.4 Å². The first-order chi connectivity index (χ1) is 8.86. The number of aliphatic carboxylic acids is 1. The highest BCUT2D eigenvalue weighted by Crippen LogP contribution is 2.26. The Morgan fingerprint density at radius 2 is 2.21 bits per heavy atom. The molecule has 0 bridgehead atoms. The van der Waals surface area contributed by atoms with Crippen LogP contribution in [0.4, 0.5) is 11.4 Å². The van der Waals surface area contributed by atoms with Gasteiger partial charge in [-0.05, 0) is 19.9 Å². The van der Waals surface area contributed by atoms with Crippen molar-refractivity contribution in [3.05, 3.63) is 33.9 Å². The van der Waals surface area contributed by atoms with Gasteiger partial charge in [0, 0.05) is 18.2 Å². The van der Waals surface area contributed by atoms with Gasteiger partial charge in [-0.25, -0.2) is 0 Å². The van der Waals surface area contributed by atoms with E-state index in [1.807, 2.05) is 6.07 Å². The third-order valence-corrected chi connectivity index (χ3v) is 2.55. The van der Waals surface area contributed by atoms with Gasteiger partial charge in [-0.2, -0.15) is 5.26 Å². The van der Waals surface area contributed by atoms with Gasteiger partial charge in [-0.3, -0.25) is 14.9 Å². The van der Waals surface area contributed by atoms with Gasteiger partial charge in [0.05, 0.1) is 16.2 Å². The van der Waals surface area contributed by atoms with E-state index >= 15 is 0 Å². The number of carbonyl (C=O) groups is 1. The SMILES string of the molecule is CC(C)N(CC(=O)O)c1ccc([N+](=O)[O-])cc1C#N. The van der Waals surface area contributed by atoms with Gasteiger partial charge in [0.2, 0.25) is 0 Å². The number of nitro benzene ring substituents is 1. The summed E-state index contributed by atoms with van der Waals surface area (Å²) in [4.78, 5) is 22.4. The largest absolute Gasteiger partial charge is 0.480 e. The normalized spacial score (nSPS) is 10.0. The predicted octanol–water partition coefficient (Wildman–Crippen LogP) is 1.77. The highest BCUT2D eigenvalue weighted by molar-refractivity contribution is 5.76. The van der Waals surface area contributed by atoms with Crippen LogP contribution in [0.15, 0.2) is 18.2 Å². The van der Waals surface area contributed by atoms with Crippen LogP contribution in [0, 0.1) is 21.4 Å². The number of anilines is 1. The predicted molar refractivity (Wildman–Crippen MR) is 67.9 cm³/mol. The summed E-state index contributed by atoms with van der Waals surface area (Å²) >= 11 is 0. The molecule has 0 heterocycles. The van der Waals surface area contributed by atoms with Crippen LogP contribution in [0.1, 0.15) is 19.4 Å². The number of non-ortho nitro benzene ring substituents is 1. The third kappa shape index (κ3) is 3.42. The summed E-state index contributed by atoms with van der Waals surface area (Å²) < 4.78 is 0. The summed E-state index contributed by atoms with van der Waals surface area (Å²) in [5, 5.41) is 28.6. The Hall–Kier alpha value is -2.62. The molecule has 0 amide bonds. The van der Waals surface area contributed by atoms with Crippen LogP contribution in [0.5, 0.6) is 0 Å². The Morgan fingerprint density at radius 1 is 1.58 bits per heavy atom. The molecule has 0 saturated heterocycles. The molecule has 0 aliphatic rings. The van der Waals surface area contributed by atoms with Gasteiger partial charge >= 0.3 is 5.97 Å². The average Bonchev–Trinajstić information content (AvgIpc) is 2.34. The zero-order valence-electron chi connectivity index (χ0n) is 10.5. The highest BCUT2D eigenvalue weighted by atomic mass is 16.6. The van der Waals surface area contributed by atoms with Crippen LogP contribution in [0.2, 0.25) is 0 Å². The van der Waals surface area contributed by atoms with Gasteiger partial charge in [-0.15, -0.1) is 0 Å². The summed E-state index contributed by atoms with van der Waals surface area (Å²) in [6.45, 7) is 3.29. The van der Waals surface area contributed by atoms with Gasteiger partial charge in [0.15, 0.2) is 0 Å². The van der Waals surface area contributed by atoms with E-state index in [4.69, 9.17) is 10.4 Å². The van der Waals surface area contributed by atoms with Gasteiger partial charge in [-0.1, -0.05) is 0 Å². The molecule has 7 nitrogen and oxygen atoms in total. The van der Waals surface area contributed by atoms with Crippen LogP contribution in [-0.2, 0) is 4.79 Å². The number of hydrogen-bond acceptors (Lipinski definition) is 5. The fourth-order valence-electron chi connectivity index (χ4n) is 1.67. The molecule has 0 atom stereocenters. The lowest BCUT2D eigenvalue weighted by Gasteiger charge is -2.27.